The summed E-state index contributed by atoms with van der Waals surface area (Å²) in [4.78, 5) is 21.9. The molecule has 17 heavy (non-hydrogen) atoms. The summed E-state index contributed by atoms with van der Waals surface area (Å²) in [6, 6.07) is 4.25. The molecule has 0 radical (unpaired) electrons. The van der Waals surface area contributed by atoms with Crippen LogP contribution in [0.2, 0.25) is 0 Å². The first-order valence-corrected chi connectivity index (χ1v) is 4.90. The Kier molecular flexibility index (Phi) is 4.06. The number of rotatable bonds is 4. The van der Waals surface area contributed by atoms with E-state index in [2.05, 4.69) is 5.32 Å². The van der Waals surface area contributed by atoms with Gasteiger partial charge < -0.3 is 20.6 Å². The van der Waals surface area contributed by atoms with Crippen LogP contribution in [0.3, 0.4) is 0 Å². The van der Waals surface area contributed by atoms with Crippen LogP contribution in [0.15, 0.2) is 18.2 Å². The number of hydrogen-bond acceptors (Lipinski definition) is 4. The number of amides is 1. The number of carboxylic acids is 1. The van der Waals surface area contributed by atoms with E-state index in [-0.39, 0.29) is 17.9 Å². The maximum absolute atomic E-state index is 11.5. The molecule has 4 N–H and O–H groups in total. The Morgan fingerprint density at radius 2 is 2.06 bits per heavy atom. The molecule has 6 nitrogen and oxygen atoms in total. The van der Waals surface area contributed by atoms with Gasteiger partial charge in [-0.2, -0.15) is 0 Å². The van der Waals surface area contributed by atoms with E-state index in [1.54, 1.807) is 6.92 Å². The second-order valence-corrected chi connectivity index (χ2v) is 3.57. The highest BCUT2D eigenvalue weighted by Gasteiger charge is 2.15. The molecule has 0 aromatic heterocycles. The van der Waals surface area contributed by atoms with Crippen molar-refractivity contribution in [1.29, 1.82) is 0 Å². The van der Waals surface area contributed by atoms with E-state index < -0.39 is 18.0 Å². The second-order valence-electron chi connectivity index (χ2n) is 3.57. The van der Waals surface area contributed by atoms with Crippen LogP contribution in [0, 0.1) is 6.92 Å². The zero-order valence-electron chi connectivity index (χ0n) is 9.17. The molecule has 6 heteroatoms. The largest absolute Gasteiger partial charge is 0.508 e. The molecule has 1 atom stereocenters. The van der Waals surface area contributed by atoms with Gasteiger partial charge in [0.15, 0.2) is 6.10 Å². The summed E-state index contributed by atoms with van der Waals surface area (Å²) >= 11 is 0. The predicted octanol–water partition coefficient (Wildman–Crippen LogP) is -0.124. The Labute approximate surface area is 97.5 Å². The third kappa shape index (κ3) is 3.46. The minimum Gasteiger partial charge on any atom is -0.508 e. The predicted molar refractivity (Wildman–Crippen MR) is 58.8 cm³/mol. The lowest BCUT2D eigenvalue weighted by Crippen LogP contribution is -2.36. The van der Waals surface area contributed by atoms with Crippen molar-refractivity contribution in [2.75, 3.05) is 6.54 Å². The number of aliphatic carboxylic acids is 1. The molecule has 0 aliphatic carbocycles. The number of aliphatic hydroxyl groups is 1. The van der Waals surface area contributed by atoms with Gasteiger partial charge >= 0.3 is 5.97 Å². The first kappa shape index (κ1) is 13.0. The molecule has 1 unspecified atom stereocenters. The second kappa shape index (κ2) is 5.31. The van der Waals surface area contributed by atoms with Gasteiger partial charge in [-0.25, -0.2) is 4.79 Å². The molecule has 0 bridgehead atoms. The summed E-state index contributed by atoms with van der Waals surface area (Å²) in [5, 5.41) is 28.9. The maximum atomic E-state index is 11.5. The molecule has 92 valence electrons. The molecule has 0 saturated carbocycles. The number of aliphatic hydroxyl groups excluding tert-OH is 1. The topological polar surface area (TPSA) is 107 Å². The van der Waals surface area contributed by atoms with Crippen molar-refractivity contribution in [3.63, 3.8) is 0 Å². The number of carboxylic acid groups (broad SMARTS) is 1. The van der Waals surface area contributed by atoms with Gasteiger partial charge in [0.05, 0.1) is 6.54 Å². The van der Waals surface area contributed by atoms with Crippen molar-refractivity contribution in [3.05, 3.63) is 29.3 Å². The number of phenols is 1. The number of carbonyl (C=O) groups is 2. The highest BCUT2D eigenvalue weighted by Crippen LogP contribution is 2.16. The van der Waals surface area contributed by atoms with E-state index in [4.69, 9.17) is 10.2 Å². The number of nitrogens with one attached hydrogen (secondary N) is 1. The smallest absolute Gasteiger partial charge is 0.334 e. The van der Waals surface area contributed by atoms with Gasteiger partial charge in [-0.15, -0.1) is 0 Å². The monoisotopic (exact) mass is 239 g/mol. The summed E-state index contributed by atoms with van der Waals surface area (Å²) in [6.07, 6.45) is -1.63. The average molecular weight is 239 g/mol. The summed E-state index contributed by atoms with van der Waals surface area (Å²) < 4.78 is 0. The van der Waals surface area contributed by atoms with E-state index in [9.17, 15) is 14.7 Å². The van der Waals surface area contributed by atoms with E-state index in [0.29, 0.717) is 5.56 Å². The standard InChI is InChI=1S/C11H13NO5/c1-6-4-7(2-3-8(6)13)10(15)12-5-9(14)11(16)17/h2-4,9,13-14H,5H2,1H3,(H,12,15)(H,16,17). The molecule has 1 amide bonds. The quantitative estimate of drug-likeness (QED) is 0.585. The average Bonchev–Trinajstić information content (AvgIpc) is 2.28. The van der Waals surface area contributed by atoms with Crippen molar-refractivity contribution in [1.82, 2.24) is 5.32 Å². The van der Waals surface area contributed by atoms with Crippen LogP contribution in [0.4, 0.5) is 0 Å². The third-order valence-electron chi connectivity index (χ3n) is 2.20. The van der Waals surface area contributed by atoms with Crippen molar-refractivity contribution >= 4 is 11.9 Å². The van der Waals surface area contributed by atoms with Crippen LogP contribution in [0.1, 0.15) is 15.9 Å². The number of benzene rings is 1. The van der Waals surface area contributed by atoms with Crippen LogP contribution in [-0.4, -0.2) is 39.8 Å². The molecule has 0 spiro atoms. The van der Waals surface area contributed by atoms with Crippen molar-refractivity contribution in [3.8, 4) is 5.75 Å². The molecule has 1 rings (SSSR count). The molecule has 0 fully saturated rings. The van der Waals surface area contributed by atoms with Crippen LogP contribution in [0.25, 0.3) is 0 Å². The lowest BCUT2D eigenvalue weighted by Gasteiger charge is -2.08. The fourth-order valence-corrected chi connectivity index (χ4v) is 1.18. The minimum absolute atomic E-state index is 0.0760. The van der Waals surface area contributed by atoms with Gasteiger partial charge in [-0.1, -0.05) is 0 Å². The SMILES string of the molecule is Cc1cc(C(=O)NCC(O)C(=O)O)ccc1O. The first-order valence-electron chi connectivity index (χ1n) is 4.90. The summed E-state index contributed by atoms with van der Waals surface area (Å²) in [6.45, 7) is 1.27. The number of carbonyl (C=O) groups excluding carboxylic acids is 1. The highest BCUT2D eigenvalue weighted by atomic mass is 16.4. The third-order valence-corrected chi connectivity index (χ3v) is 2.20. The number of phenolic OH excluding ortho intramolecular Hbond substituents is 1. The Balaban J connectivity index is 2.64. The van der Waals surface area contributed by atoms with Crippen LogP contribution >= 0.6 is 0 Å². The molecular weight excluding hydrogens is 226 g/mol. The van der Waals surface area contributed by atoms with Gasteiger partial charge in [-0.3, -0.25) is 4.79 Å². The van der Waals surface area contributed by atoms with Gasteiger partial charge in [-0.05, 0) is 30.7 Å². The maximum Gasteiger partial charge on any atom is 0.334 e. The first-order chi connectivity index (χ1) is 7.91. The number of aryl methyl sites for hydroxylation is 1. The number of hydrogen-bond donors (Lipinski definition) is 4. The lowest BCUT2D eigenvalue weighted by molar-refractivity contribution is -0.146. The van der Waals surface area contributed by atoms with Gasteiger partial charge in [0.2, 0.25) is 0 Å². The summed E-state index contributed by atoms with van der Waals surface area (Å²) in [5.41, 5.74) is 0.828. The van der Waals surface area contributed by atoms with Gasteiger partial charge in [0.1, 0.15) is 5.75 Å². The van der Waals surface area contributed by atoms with E-state index >= 15 is 0 Å². The fraction of sp³-hybridized carbons (Fsp3) is 0.273. The highest BCUT2D eigenvalue weighted by molar-refractivity contribution is 5.94. The Morgan fingerprint density at radius 1 is 1.41 bits per heavy atom. The zero-order chi connectivity index (χ0) is 13.0. The number of aromatic hydroxyl groups is 1. The van der Waals surface area contributed by atoms with Gasteiger partial charge in [0.25, 0.3) is 5.91 Å². The van der Waals surface area contributed by atoms with Crippen molar-refractivity contribution in [2.45, 2.75) is 13.0 Å². The minimum atomic E-state index is -1.63. The lowest BCUT2D eigenvalue weighted by atomic mass is 10.1. The Hall–Kier alpha value is -2.08. The molecule has 0 aliphatic heterocycles. The molecule has 1 aromatic carbocycles. The van der Waals surface area contributed by atoms with E-state index in [1.165, 1.54) is 18.2 Å². The molecule has 0 aliphatic rings. The zero-order valence-corrected chi connectivity index (χ0v) is 9.17. The summed E-state index contributed by atoms with van der Waals surface area (Å²) in [5.74, 6) is -1.83. The molecular formula is C11H13NO5. The normalized spacial score (nSPS) is 11.9. The van der Waals surface area contributed by atoms with Crippen LogP contribution < -0.4 is 5.32 Å². The van der Waals surface area contributed by atoms with E-state index in [1.807, 2.05) is 0 Å². The summed E-state index contributed by atoms with van der Waals surface area (Å²) in [7, 11) is 0. The fourth-order valence-electron chi connectivity index (χ4n) is 1.18. The van der Waals surface area contributed by atoms with Crippen LogP contribution in [0.5, 0.6) is 5.75 Å². The van der Waals surface area contributed by atoms with Crippen molar-refractivity contribution < 1.29 is 24.9 Å². The molecule has 0 heterocycles. The van der Waals surface area contributed by atoms with Crippen molar-refractivity contribution in [2.24, 2.45) is 0 Å². The Morgan fingerprint density at radius 3 is 2.59 bits per heavy atom. The van der Waals surface area contributed by atoms with Crippen LogP contribution in [-0.2, 0) is 4.79 Å². The molecule has 1 aromatic rings. The van der Waals surface area contributed by atoms with Gasteiger partial charge in [0, 0.05) is 5.56 Å². The molecule has 0 saturated heterocycles. The Bertz CT molecular complexity index is 443. The van der Waals surface area contributed by atoms with E-state index in [0.717, 1.165) is 0 Å².